The fourth-order valence-corrected chi connectivity index (χ4v) is 3.06. The van der Waals surface area contributed by atoms with Crippen molar-refractivity contribution >= 4 is 29.3 Å². The van der Waals surface area contributed by atoms with Gasteiger partial charge in [-0.3, -0.25) is 4.79 Å². The second-order valence-electron chi connectivity index (χ2n) is 6.55. The van der Waals surface area contributed by atoms with Crippen LogP contribution in [-0.4, -0.2) is 15.7 Å². The van der Waals surface area contributed by atoms with Gasteiger partial charge in [-0.05, 0) is 54.6 Å². The van der Waals surface area contributed by atoms with Crippen LogP contribution in [0.5, 0.6) is 0 Å². The lowest BCUT2D eigenvalue weighted by molar-refractivity contribution is -0.111. The van der Waals surface area contributed by atoms with Crippen LogP contribution in [0.25, 0.3) is 23.0 Å². The van der Waals surface area contributed by atoms with Crippen LogP contribution < -0.4 is 5.32 Å². The first-order valence-corrected chi connectivity index (χ1v) is 9.62. The third-order valence-electron chi connectivity index (χ3n) is 4.41. The van der Waals surface area contributed by atoms with E-state index in [9.17, 15) is 9.18 Å². The molecule has 0 fully saturated rings. The Morgan fingerprint density at radius 2 is 1.67 bits per heavy atom. The minimum Gasteiger partial charge on any atom is -0.323 e. The van der Waals surface area contributed by atoms with Gasteiger partial charge in [0.25, 0.3) is 0 Å². The quantitative estimate of drug-likeness (QED) is 0.406. The highest BCUT2D eigenvalue weighted by atomic mass is 35.5. The second kappa shape index (κ2) is 8.76. The molecule has 3 aromatic carbocycles. The molecule has 0 unspecified atom stereocenters. The van der Waals surface area contributed by atoms with E-state index in [1.165, 1.54) is 30.3 Å². The Hall–Kier alpha value is -3.70. The average molecular weight is 418 g/mol. The first-order chi connectivity index (χ1) is 14.6. The van der Waals surface area contributed by atoms with E-state index in [2.05, 4.69) is 5.32 Å². The van der Waals surface area contributed by atoms with E-state index in [1.54, 1.807) is 22.9 Å². The molecule has 1 heterocycles. The van der Waals surface area contributed by atoms with Crippen molar-refractivity contribution in [3.8, 4) is 16.9 Å². The maximum Gasteiger partial charge on any atom is 0.248 e. The number of hydrogen-bond donors (Lipinski definition) is 1. The molecule has 0 bridgehead atoms. The molecule has 1 N–H and O–H groups in total. The molecular formula is C24H17ClFN3O. The number of hydrogen-bond acceptors (Lipinski definition) is 2. The van der Waals surface area contributed by atoms with Crippen molar-refractivity contribution < 1.29 is 9.18 Å². The molecule has 0 saturated carbocycles. The Kier molecular flexibility index (Phi) is 5.72. The maximum atomic E-state index is 13.0. The molecule has 0 atom stereocenters. The van der Waals surface area contributed by atoms with Crippen molar-refractivity contribution in [3.05, 3.63) is 108 Å². The maximum absolute atomic E-state index is 13.0. The zero-order valence-corrected chi connectivity index (χ0v) is 16.6. The number of carbonyl (C=O) groups excluding carboxylic acids is 1. The molecule has 0 spiro atoms. The first kappa shape index (κ1) is 19.6. The van der Waals surface area contributed by atoms with Crippen molar-refractivity contribution in [1.82, 2.24) is 9.78 Å². The van der Waals surface area contributed by atoms with Gasteiger partial charge in [0, 0.05) is 34.1 Å². The molecule has 0 aliphatic carbocycles. The van der Waals surface area contributed by atoms with Gasteiger partial charge in [0.05, 0.1) is 11.4 Å². The molecule has 1 amide bonds. The summed E-state index contributed by atoms with van der Waals surface area (Å²) in [6.45, 7) is 0. The van der Waals surface area contributed by atoms with E-state index in [1.807, 2.05) is 48.7 Å². The number of amides is 1. The van der Waals surface area contributed by atoms with Gasteiger partial charge < -0.3 is 5.32 Å². The van der Waals surface area contributed by atoms with Gasteiger partial charge >= 0.3 is 0 Å². The summed E-state index contributed by atoms with van der Waals surface area (Å²) in [6.07, 6.45) is 4.99. The van der Waals surface area contributed by atoms with Gasteiger partial charge in [0.1, 0.15) is 5.82 Å². The van der Waals surface area contributed by atoms with Gasteiger partial charge in [-0.15, -0.1) is 0 Å². The molecule has 4 nitrogen and oxygen atoms in total. The number of rotatable bonds is 5. The fraction of sp³-hybridized carbons (Fsp3) is 0. The Morgan fingerprint density at radius 3 is 2.37 bits per heavy atom. The predicted molar refractivity (Wildman–Crippen MR) is 118 cm³/mol. The highest BCUT2D eigenvalue weighted by Gasteiger charge is 2.11. The summed E-state index contributed by atoms with van der Waals surface area (Å²) in [7, 11) is 0. The number of carbonyl (C=O) groups is 1. The van der Waals surface area contributed by atoms with Gasteiger partial charge in [-0.25, -0.2) is 9.07 Å². The summed E-state index contributed by atoms with van der Waals surface area (Å²) in [5.74, 6) is -0.680. The summed E-state index contributed by atoms with van der Waals surface area (Å²) < 4.78 is 14.8. The minimum absolute atomic E-state index is 0.323. The first-order valence-electron chi connectivity index (χ1n) is 9.24. The van der Waals surface area contributed by atoms with E-state index in [0.29, 0.717) is 10.7 Å². The third kappa shape index (κ3) is 4.64. The number of halogens is 2. The number of anilines is 1. The van der Waals surface area contributed by atoms with Crippen LogP contribution in [0.2, 0.25) is 5.02 Å². The van der Waals surface area contributed by atoms with Crippen LogP contribution in [0.3, 0.4) is 0 Å². The summed E-state index contributed by atoms with van der Waals surface area (Å²) in [5, 5.41) is 8.04. The van der Waals surface area contributed by atoms with Gasteiger partial charge in [0.2, 0.25) is 5.91 Å². The number of para-hydroxylation sites is 1. The van der Waals surface area contributed by atoms with Gasteiger partial charge in [-0.2, -0.15) is 5.10 Å². The van der Waals surface area contributed by atoms with E-state index < -0.39 is 0 Å². The summed E-state index contributed by atoms with van der Waals surface area (Å²) in [5.41, 5.74) is 3.80. The number of nitrogens with one attached hydrogen (secondary N) is 1. The average Bonchev–Trinajstić information content (AvgIpc) is 3.19. The molecule has 0 aliphatic heterocycles. The molecule has 4 aromatic rings. The zero-order valence-electron chi connectivity index (χ0n) is 15.8. The van der Waals surface area contributed by atoms with Gasteiger partial charge in [0.15, 0.2) is 0 Å². The molecular weight excluding hydrogens is 401 g/mol. The molecule has 1 aromatic heterocycles. The lowest BCUT2D eigenvalue weighted by Crippen LogP contribution is -2.07. The van der Waals surface area contributed by atoms with Crippen LogP contribution in [-0.2, 0) is 4.79 Å². The lowest BCUT2D eigenvalue weighted by Gasteiger charge is -2.02. The molecule has 4 rings (SSSR count). The topological polar surface area (TPSA) is 46.9 Å². The van der Waals surface area contributed by atoms with Crippen molar-refractivity contribution in [2.45, 2.75) is 0 Å². The Labute approximate surface area is 178 Å². The number of aromatic nitrogens is 2. The Bertz CT molecular complexity index is 1180. The van der Waals surface area contributed by atoms with Gasteiger partial charge in [-0.1, -0.05) is 41.9 Å². The van der Waals surface area contributed by atoms with E-state index in [-0.39, 0.29) is 11.7 Å². The van der Waals surface area contributed by atoms with Crippen LogP contribution in [0.1, 0.15) is 5.56 Å². The molecule has 0 aliphatic rings. The smallest absolute Gasteiger partial charge is 0.248 e. The zero-order chi connectivity index (χ0) is 20.9. The van der Waals surface area contributed by atoms with Crippen LogP contribution in [0.4, 0.5) is 10.1 Å². The highest BCUT2D eigenvalue weighted by Crippen LogP contribution is 2.26. The largest absolute Gasteiger partial charge is 0.323 e. The summed E-state index contributed by atoms with van der Waals surface area (Å²) in [4.78, 5) is 12.3. The van der Waals surface area contributed by atoms with Crippen molar-refractivity contribution in [2.24, 2.45) is 0 Å². The Balaban J connectivity index is 1.64. The Morgan fingerprint density at radius 1 is 0.967 bits per heavy atom. The molecule has 0 saturated heterocycles. The SMILES string of the molecule is O=C(/C=C/c1cn(-c2ccccc2)nc1-c1ccc(Cl)cc1)Nc1ccc(F)cc1. The second-order valence-corrected chi connectivity index (χ2v) is 6.99. The van der Waals surface area contributed by atoms with E-state index in [0.717, 1.165) is 22.5 Å². The van der Waals surface area contributed by atoms with Crippen LogP contribution in [0.15, 0.2) is 91.1 Å². The standard InChI is InChI=1S/C24H17ClFN3O/c25-19-9-6-17(7-10-19)24-18(16-29(28-24)22-4-2-1-3-5-22)8-15-23(30)27-21-13-11-20(26)12-14-21/h1-16H,(H,27,30)/b15-8+. The van der Waals surface area contributed by atoms with Crippen molar-refractivity contribution in [3.63, 3.8) is 0 Å². The predicted octanol–water partition coefficient (Wildman–Crippen LogP) is 5.98. The number of benzene rings is 3. The molecule has 148 valence electrons. The number of nitrogens with zero attached hydrogens (tertiary/aromatic N) is 2. The summed E-state index contributed by atoms with van der Waals surface area (Å²) in [6, 6.07) is 22.7. The molecule has 6 heteroatoms. The fourth-order valence-electron chi connectivity index (χ4n) is 2.94. The molecule has 30 heavy (non-hydrogen) atoms. The van der Waals surface area contributed by atoms with Crippen molar-refractivity contribution in [2.75, 3.05) is 5.32 Å². The van der Waals surface area contributed by atoms with Crippen LogP contribution in [0, 0.1) is 5.82 Å². The minimum atomic E-state index is -0.357. The van der Waals surface area contributed by atoms with E-state index >= 15 is 0 Å². The lowest BCUT2D eigenvalue weighted by atomic mass is 10.1. The van der Waals surface area contributed by atoms with Crippen LogP contribution >= 0.6 is 11.6 Å². The van der Waals surface area contributed by atoms with E-state index in [4.69, 9.17) is 16.7 Å². The molecule has 0 radical (unpaired) electrons. The van der Waals surface area contributed by atoms with Crippen molar-refractivity contribution in [1.29, 1.82) is 0 Å². The highest BCUT2D eigenvalue weighted by molar-refractivity contribution is 6.30. The monoisotopic (exact) mass is 417 g/mol. The normalized spacial score (nSPS) is 11.0. The summed E-state index contributed by atoms with van der Waals surface area (Å²) >= 11 is 6.01. The third-order valence-corrected chi connectivity index (χ3v) is 4.66.